The van der Waals surface area contributed by atoms with Gasteiger partial charge in [0.05, 0.1) is 0 Å². The summed E-state index contributed by atoms with van der Waals surface area (Å²) < 4.78 is 14.6. The predicted molar refractivity (Wildman–Crippen MR) is 39.9 cm³/mol. The zero-order valence-electron chi connectivity index (χ0n) is 6.31. The maximum atomic E-state index is 13.2. The molecule has 0 spiro atoms. The number of carbonyl (C=O) groups is 1. The van der Waals surface area contributed by atoms with Gasteiger partial charge in [0.15, 0.2) is 11.5 Å². The summed E-state index contributed by atoms with van der Waals surface area (Å²) in [7, 11) is 0. The molecule has 0 atom stereocenters. The van der Waals surface area contributed by atoms with Gasteiger partial charge in [-0.15, -0.1) is 10.2 Å². The van der Waals surface area contributed by atoms with E-state index in [9.17, 15) is 9.18 Å². The molecule has 2 aromatic heterocycles. The van der Waals surface area contributed by atoms with E-state index < -0.39 is 17.3 Å². The molecule has 2 aromatic rings. The first kappa shape index (κ1) is 7.66. The number of fused-ring (bicyclic) bond motifs is 1. The van der Waals surface area contributed by atoms with Crippen molar-refractivity contribution >= 4 is 11.6 Å². The number of hydrogen-bond donors (Lipinski definition) is 1. The van der Waals surface area contributed by atoms with Crippen LogP contribution in [0.15, 0.2) is 18.6 Å². The van der Waals surface area contributed by atoms with Gasteiger partial charge in [-0.2, -0.15) is 0 Å². The molecule has 6 heteroatoms. The van der Waals surface area contributed by atoms with Gasteiger partial charge >= 0.3 is 5.97 Å². The Hall–Kier alpha value is -1.98. The fourth-order valence-electron chi connectivity index (χ4n) is 1.02. The Kier molecular flexibility index (Phi) is 1.48. The number of aromatic carboxylic acids is 1. The van der Waals surface area contributed by atoms with Gasteiger partial charge in [-0.25, -0.2) is 9.18 Å². The van der Waals surface area contributed by atoms with Crippen molar-refractivity contribution in [2.24, 2.45) is 0 Å². The van der Waals surface area contributed by atoms with Crippen LogP contribution in [-0.4, -0.2) is 25.7 Å². The molecule has 13 heavy (non-hydrogen) atoms. The van der Waals surface area contributed by atoms with E-state index in [1.54, 1.807) is 0 Å². The second-order valence-electron chi connectivity index (χ2n) is 2.41. The van der Waals surface area contributed by atoms with E-state index in [1.807, 2.05) is 0 Å². The first-order valence-electron chi connectivity index (χ1n) is 3.41. The van der Waals surface area contributed by atoms with E-state index >= 15 is 0 Å². The van der Waals surface area contributed by atoms with Crippen molar-refractivity contribution in [2.45, 2.75) is 0 Å². The van der Waals surface area contributed by atoms with Crippen LogP contribution in [0.3, 0.4) is 0 Å². The lowest BCUT2D eigenvalue weighted by Crippen LogP contribution is -2.02. The van der Waals surface area contributed by atoms with Crippen LogP contribution in [0.2, 0.25) is 0 Å². The SMILES string of the molecule is O=C(O)c1ccn2cnnc2c1F. The van der Waals surface area contributed by atoms with Crippen LogP contribution in [0.5, 0.6) is 0 Å². The van der Waals surface area contributed by atoms with Crippen LogP contribution in [0.25, 0.3) is 5.65 Å². The van der Waals surface area contributed by atoms with Crippen molar-refractivity contribution in [3.63, 3.8) is 0 Å². The van der Waals surface area contributed by atoms with E-state index in [0.29, 0.717) is 0 Å². The summed E-state index contributed by atoms with van der Waals surface area (Å²) in [5, 5.41) is 15.4. The lowest BCUT2D eigenvalue weighted by molar-refractivity contribution is 0.0692. The van der Waals surface area contributed by atoms with Crippen LogP contribution in [0.1, 0.15) is 10.4 Å². The van der Waals surface area contributed by atoms with E-state index in [4.69, 9.17) is 5.11 Å². The van der Waals surface area contributed by atoms with Crippen LogP contribution in [0, 0.1) is 5.82 Å². The number of hydrogen-bond acceptors (Lipinski definition) is 3. The molecular weight excluding hydrogens is 177 g/mol. The Balaban J connectivity index is 2.80. The molecule has 66 valence electrons. The highest BCUT2D eigenvalue weighted by molar-refractivity contribution is 5.89. The minimum absolute atomic E-state index is 0.0834. The second-order valence-corrected chi connectivity index (χ2v) is 2.41. The normalized spacial score (nSPS) is 10.5. The standard InChI is InChI=1S/C7H4FN3O2/c8-5-4(7(12)13)1-2-11-3-9-10-6(5)11/h1-3H,(H,12,13). The average molecular weight is 181 g/mol. The molecular formula is C7H4FN3O2. The summed E-state index contributed by atoms with van der Waals surface area (Å²) in [6, 6.07) is 1.16. The van der Waals surface area contributed by atoms with Gasteiger partial charge in [-0.05, 0) is 6.07 Å². The molecule has 2 heterocycles. The number of pyridine rings is 1. The number of carboxylic acids is 1. The third-order valence-electron chi connectivity index (χ3n) is 1.64. The predicted octanol–water partition coefficient (Wildman–Crippen LogP) is 0.567. The Labute approximate surface area is 71.4 Å². The molecule has 0 saturated heterocycles. The molecule has 0 amide bonds. The first-order chi connectivity index (χ1) is 6.20. The van der Waals surface area contributed by atoms with Crippen molar-refractivity contribution in [3.05, 3.63) is 30.0 Å². The number of halogens is 1. The van der Waals surface area contributed by atoms with Gasteiger partial charge < -0.3 is 5.11 Å². The first-order valence-corrected chi connectivity index (χ1v) is 3.41. The van der Waals surface area contributed by atoms with Gasteiger partial charge in [0.25, 0.3) is 0 Å². The number of aromatic nitrogens is 3. The molecule has 0 aliphatic heterocycles. The highest BCUT2D eigenvalue weighted by atomic mass is 19.1. The fourth-order valence-corrected chi connectivity index (χ4v) is 1.02. The van der Waals surface area contributed by atoms with E-state index in [-0.39, 0.29) is 5.65 Å². The van der Waals surface area contributed by atoms with E-state index in [0.717, 1.165) is 6.07 Å². The maximum Gasteiger partial charge on any atom is 0.338 e. The Morgan fingerprint density at radius 1 is 1.62 bits per heavy atom. The third kappa shape index (κ3) is 1.03. The highest BCUT2D eigenvalue weighted by Crippen LogP contribution is 2.11. The smallest absolute Gasteiger partial charge is 0.338 e. The third-order valence-corrected chi connectivity index (χ3v) is 1.64. The van der Waals surface area contributed by atoms with E-state index in [2.05, 4.69) is 10.2 Å². The number of nitrogens with zero attached hydrogens (tertiary/aromatic N) is 3. The highest BCUT2D eigenvalue weighted by Gasteiger charge is 2.14. The summed E-state index contributed by atoms with van der Waals surface area (Å²) in [5.74, 6) is -2.18. The number of carboxylic acid groups (broad SMARTS) is 1. The molecule has 2 rings (SSSR count). The zero-order chi connectivity index (χ0) is 9.42. The molecule has 0 bridgehead atoms. The van der Waals surface area contributed by atoms with E-state index in [1.165, 1.54) is 16.9 Å². The zero-order valence-corrected chi connectivity index (χ0v) is 6.31. The summed E-state index contributed by atoms with van der Waals surface area (Å²) in [6.45, 7) is 0. The molecule has 0 saturated carbocycles. The second kappa shape index (κ2) is 2.51. The Bertz CT molecular complexity index is 480. The average Bonchev–Trinajstić information content (AvgIpc) is 2.52. The molecule has 0 aliphatic carbocycles. The molecule has 0 radical (unpaired) electrons. The van der Waals surface area contributed by atoms with Crippen molar-refractivity contribution < 1.29 is 14.3 Å². The van der Waals surface area contributed by atoms with Crippen molar-refractivity contribution in [2.75, 3.05) is 0 Å². The monoisotopic (exact) mass is 181 g/mol. The fraction of sp³-hybridized carbons (Fsp3) is 0. The van der Waals surface area contributed by atoms with Crippen molar-refractivity contribution in [1.29, 1.82) is 0 Å². The molecule has 5 nitrogen and oxygen atoms in total. The molecule has 0 aromatic carbocycles. The van der Waals surface area contributed by atoms with Crippen molar-refractivity contribution in [1.82, 2.24) is 14.6 Å². The molecule has 0 aliphatic rings. The summed E-state index contributed by atoms with van der Waals surface area (Å²) in [6.07, 6.45) is 2.69. The van der Waals surface area contributed by atoms with Crippen LogP contribution >= 0.6 is 0 Å². The van der Waals surface area contributed by atoms with Gasteiger partial charge in [-0.1, -0.05) is 0 Å². The largest absolute Gasteiger partial charge is 0.478 e. The topological polar surface area (TPSA) is 67.5 Å². The van der Waals surface area contributed by atoms with Gasteiger partial charge in [0, 0.05) is 6.20 Å². The Morgan fingerprint density at radius 2 is 2.38 bits per heavy atom. The maximum absolute atomic E-state index is 13.2. The van der Waals surface area contributed by atoms with Crippen LogP contribution < -0.4 is 0 Å². The van der Waals surface area contributed by atoms with Crippen LogP contribution in [-0.2, 0) is 0 Å². The van der Waals surface area contributed by atoms with Gasteiger partial charge in [0.1, 0.15) is 11.9 Å². The Morgan fingerprint density at radius 3 is 3.08 bits per heavy atom. The quantitative estimate of drug-likeness (QED) is 0.698. The number of rotatable bonds is 1. The molecule has 0 unspecified atom stereocenters. The minimum atomic E-state index is -1.32. The van der Waals surface area contributed by atoms with Crippen LogP contribution in [0.4, 0.5) is 4.39 Å². The summed E-state index contributed by atoms with van der Waals surface area (Å²) in [5.41, 5.74) is -0.486. The lowest BCUT2D eigenvalue weighted by Gasteiger charge is -1.97. The van der Waals surface area contributed by atoms with Gasteiger partial charge in [-0.3, -0.25) is 4.40 Å². The van der Waals surface area contributed by atoms with Gasteiger partial charge in [0.2, 0.25) is 0 Å². The molecule has 1 N–H and O–H groups in total. The minimum Gasteiger partial charge on any atom is -0.478 e. The van der Waals surface area contributed by atoms with Crippen molar-refractivity contribution in [3.8, 4) is 0 Å². The summed E-state index contributed by atoms with van der Waals surface area (Å²) >= 11 is 0. The summed E-state index contributed by atoms with van der Waals surface area (Å²) in [4.78, 5) is 10.5. The lowest BCUT2D eigenvalue weighted by atomic mass is 10.2. The molecule has 0 fully saturated rings.